The van der Waals surface area contributed by atoms with E-state index in [-0.39, 0.29) is 43.4 Å². The van der Waals surface area contributed by atoms with Gasteiger partial charge in [0.2, 0.25) is 0 Å². The van der Waals surface area contributed by atoms with Crippen LogP contribution < -0.4 is 0 Å². The summed E-state index contributed by atoms with van der Waals surface area (Å²) in [5.41, 5.74) is 0. The van der Waals surface area contributed by atoms with Crippen molar-refractivity contribution in [1.82, 2.24) is 0 Å². The normalized spacial score (nSPS) is 5.00. The summed E-state index contributed by atoms with van der Waals surface area (Å²) in [6, 6.07) is 0. The van der Waals surface area contributed by atoms with Crippen LogP contribution in [0.4, 0.5) is 0 Å². The molecule has 0 saturated heterocycles. The summed E-state index contributed by atoms with van der Waals surface area (Å²) < 4.78 is 0. The predicted molar refractivity (Wildman–Crippen MR) is 7.43 cm³/mol. The second kappa shape index (κ2) is 16.3. The van der Waals surface area contributed by atoms with Gasteiger partial charge in [-0.3, -0.25) is 0 Å². The van der Waals surface area contributed by atoms with Gasteiger partial charge in [0.25, 0.3) is 0 Å². The Morgan fingerprint density at radius 2 is 1.00 bits per heavy atom. The Morgan fingerprint density at radius 3 is 1.00 bits per heavy atom. The van der Waals surface area contributed by atoms with Crippen LogP contribution in [0.5, 0.6) is 0 Å². The summed E-state index contributed by atoms with van der Waals surface area (Å²) in [7, 11) is 0. The van der Waals surface area contributed by atoms with Crippen molar-refractivity contribution in [3.63, 3.8) is 0 Å². The quantitative estimate of drug-likeness (QED) is 0.320. The molecule has 4 nitrogen and oxygen atoms in total. The number of rotatable bonds is 1. The molecule has 6 heteroatoms. The second-order valence-corrected chi connectivity index (χ2v) is 0.149. The van der Waals surface area contributed by atoms with Crippen molar-refractivity contribution in [2.24, 2.45) is 0 Å². The first-order valence-electron chi connectivity index (χ1n) is 0.532. The van der Waals surface area contributed by atoms with Gasteiger partial charge in [-0.1, -0.05) is 0 Å². The predicted octanol–water partition coefficient (Wildman–Crippen LogP) is -0.124. The first kappa shape index (κ1) is 15.7. The van der Waals surface area contributed by atoms with Crippen LogP contribution in [0.3, 0.4) is 0 Å². The van der Waals surface area contributed by atoms with E-state index in [9.17, 15) is 0 Å². The molecule has 0 aromatic heterocycles. The molecule has 6 heavy (non-hydrogen) atoms. The van der Waals surface area contributed by atoms with Crippen molar-refractivity contribution in [2.75, 3.05) is 0 Å². The maximum atomic E-state index is 6.90. The van der Waals surface area contributed by atoms with Crippen LogP contribution in [0, 0.1) is 0 Å². The molecule has 2 N–H and O–H groups in total. The fourth-order valence-corrected chi connectivity index (χ4v) is 0. The van der Waals surface area contributed by atoms with E-state index in [4.69, 9.17) is 10.5 Å². The van der Waals surface area contributed by atoms with E-state index in [1.165, 1.54) is 0 Å². The zero-order chi connectivity index (χ0) is 3.41. The monoisotopic (exact) mass is 162 g/mol. The minimum Gasteiger partial charge on any atom is -0.219 e. The smallest absolute Gasteiger partial charge is 0 e. The van der Waals surface area contributed by atoms with E-state index < -0.39 is 0 Å². The Hall–Kier alpha value is 1.27. The first-order chi connectivity index (χ1) is 1.91. The van der Waals surface area contributed by atoms with Gasteiger partial charge < -0.3 is 0 Å². The molecule has 34 valence electrons. The van der Waals surface area contributed by atoms with Crippen LogP contribution in [0.2, 0.25) is 0 Å². The molecule has 0 aromatic rings. The zero-order valence-corrected chi connectivity index (χ0v) is 5.83. The largest absolute Gasteiger partial charge is 0.219 e. The van der Waals surface area contributed by atoms with Crippen LogP contribution >= 0.6 is 0 Å². The van der Waals surface area contributed by atoms with E-state index in [1.807, 2.05) is 0 Å². The van der Waals surface area contributed by atoms with Crippen LogP contribution in [0.1, 0.15) is 0 Å². The third kappa shape index (κ3) is 18.7. The van der Waals surface area contributed by atoms with Gasteiger partial charge >= 0.3 is 0 Å². The Bertz CT molecular complexity index is 7.51. The fourth-order valence-electron chi connectivity index (χ4n) is 0. The van der Waals surface area contributed by atoms with Crippen LogP contribution in [0.25, 0.3) is 0 Å². The Morgan fingerprint density at radius 1 is 0.833 bits per heavy atom. The summed E-state index contributed by atoms with van der Waals surface area (Å²) in [4.78, 5) is 0. The van der Waals surface area contributed by atoms with E-state index in [0.717, 1.165) is 0 Å². The molecule has 0 spiro atoms. The van der Waals surface area contributed by atoms with Crippen LogP contribution in [-0.4, -0.2) is 10.5 Å². The SMILES string of the molecule is OOOO.[Ti].[Ti]. The summed E-state index contributed by atoms with van der Waals surface area (Å²) >= 11 is 0. The Labute approximate surface area is 64.0 Å². The van der Waals surface area contributed by atoms with Gasteiger partial charge in [-0.05, 0) is 10.1 Å². The van der Waals surface area contributed by atoms with Crippen molar-refractivity contribution < 1.29 is 64.0 Å². The first-order valence-corrected chi connectivity index (χ1v) is 0.532. The van der Waals surface area contributed by atoms with Crippen molar-refractivity contribution in [3.05, 3.63) is 0 Å². The van der Waals surface area contributed by atoms with Crippen molar-refractivity contribution in [1.29, 1.82) is 0 Å². The fraction of sp³-hybridized carbons (Fsp3) is 0. The minimum absolute atomic E-state index is 0. The topological polar surface area (TPSA) is 58.9 Å². The maximum absolute atomic E-state index is 6.90. The van der Waals surface area contributed by atoms with E-state index in [2.05, 4.69) is 10.1 Å². The molecule has 0 aliphatic rings. The molecule has 0 atom stereocenters. The van der Waals surface area contributed by atoms with Gasteiger partial charge in [0.15, 0.2) is 0 Å². The third-order valence-corrected chi connectivity index (χ3v) is 0.0333. The molecular formula is H2O4Ti2. The van der Waals surface area contributed by atoms with Gasteiger partial charge in [-0.25, -0.2) is 10.5 Å². The Balaban J connectivity index is -0.0000000450. The Kier molecular flexibility index (Phi) is 42.6. The molecule has 0 saturated carbocycles. The van der Waals surface area contributed by atoms with Gasteiger partial charge in [0.05, 0.1) is 0 Å². The molecule has 0 radical (unpaired) electrons. The van der Waals surface area contributed by atoms with E-state index >= 15 is 0 Å². The summed E-state index contributed by atoms with van der Waals surface area (Å²) in [5, 5.41) is 19.0. The molecule has 0 bridgehead atoms. The number of hydrogen-bond donors (Lipinski definition) is 2. The molecular weight excluding hydrogens is 160 g/mol. The molecule has 0 unspecified atom stereocenters. The zero-order valence-electron chi connectivity index (χ0n) is 2.71. The third-order valence-electron chi connectivity index (χ3n) is 0.0333. The molecule has 0 aliphatic heterocycles. The molecule has 0 aliphatic carbocycles. The van der Waals surface area contributed by atoms with Crippen molar-refractivity contribution in [2.45, 2.75) is 0 Å². The maximum Gasteiger partial charge on any atom is 0 e. The summed E-state index contributed by atoms with van der Waals surface area (Å²) in [6.45, 7) is 0. The standard InChI is InChI=1S/H2O4.2Ti/c1-3-4-2;;/h1-2H;;. The average molecular weight is 162 g/mol. The molecule has 0 fully saturated rings. The molecule has 0 aromatic carbocycles. The van der Waals surface area contributed by atoms with E-state index in [1.54, 1.807) is 0 Å². The second-order valence-electron chi connectivity index (χ2n) is 0.149. The van der Waals surface area contributed by atoms with Gasteiger partial charge in [-0.2, -0.15) is 0 Å². The summed E-state index contributed by atoms with van der Waals surface area (Å²) in [5.74, 6) is 0. The van der Waals surface area contributed by atoms with E-state index in [0.29, 0.717) is 0 Å². The van der Waals surface area contributed by atoms with Crippen molar-refractivity contribution in [3.8, 4) is 0 Å². The van der Waals surface area contributed by atoms with Gasteiger partial charge in [0, 0.05) is 43.4 Å². The molecule has 0 rings (SSSR count). The van der Waals surface area contributed by atoms with Gasteiger partial charge in [-0.15, -0.1) is 0 Å². The number of hydrogen-bond acceptors (Lipinski definition) is 4. The van der Waals surface area contributed by atoms with Crippen molar-refractivity contribution >= 4 is 0 Å². The minimum atomic E-state index is 0. The van der Waals surface area contributed by atoms with Crippen LogP contribution in [0.15, 0.2) is 0 Å². The summed E-state index contributed by atoms with van der Waals surface area (Å²) in [6.07, 6.45) is 0. The average Bonchev–Trinajstić information content (AvgIpc) is 1.37. The van der Waals surface area contributed by atoms with Gasteiger partial charge in [0.1, 0.15) is 0 Å². The molecule has 0 amide bonds. The molecule has 0 heterocycles. The van der Waals surface area contributed by atoms with Crippen LogP contribution in [-0.2, 0) is 53.5 Å².